The summed E-state index contributed by atoms with van der Waals surface area (Å²) in [4.78, 5) is 23.8. The smallest absolute Gasteiger partial charge is 0.356 e. The van der Waals surface area contributed by atoms with E-state index in [1.807, 2.05) is 0 Å². The number of nitrogens with one attached hydrogen (secondary N) is 1. The highest BCUT2D eigenvalue weighted by molar-refractivity contribution is 6.06. The second-order valence-corrected chi connectivity index (χ2v) is 3.99. The number of halogens is 3. The summed E-state index contributed by atoms with van der Waals surface area (Å²) in [5.74, 6) is -0.802. The van der Waals surface area contributed by atoms with Crippen LogP contribution in [0, 0.1) is 0 Å². The first-order valence-corrected chi connectivity index (χ1v) is 5.27. The molecule has 1 saturated heterocycles. The van der Waals surface area contributed by atoms with Gasteiger partial charge in [0.1, 0.15) is 11.9 Å². The molecule has 0 aliphatic carbocycles. The standard InChI is InChI=1S/C10H9F3N4O2/c1-17-8(18)4-5(9(17)19)14-7-3-2-6(15-16-7)10(11,12)13/h2-3,5H,4H2,1H3,(H,14,16)/t5-/m0/s1. The summed E-state index contributed by atoms with van der Waals surface area (Å²) in [6.45, 7) is 0. The minimum atomic E-state index is -4.56. The molecule has 0 spiro atoms. The van der Waals surface area contributed by atoms with Gasteiger partial charge in [0.2, 0.25) is 5.91 Å². The predicted octanol–water partition coefficient (Wildman–Crippen LogP) is 0.665. The number of hydrogen-bond donors (Lipinski definition) is 1. The highest BCUT2D eigenvalue weighted by Crippen LogP contribution is 2.27. The van der Waals surface area contributed by atoms with Crippen molar-refractivity contribution in [2.24, 2.45) is 0 Å². The highest BCUT2D eigenvalue weighted by Gasteiger charge is 2.36. The molecular formula is C10H9F3N4O2. The molecule has 0 aromatic carbocycles. The third kappa shape index (κ3) is 2.64. The maximum absolute atomic E-state index is 12.3. The van der Waals surface area contributed by atoms with E-state index < -0.39 is 23.8 Å². The summed E-state index contributed by atoms with van der Waals surface area (Å²) in [5, 5.41) is 8.91. The summed E-state index contributed by atoms with van der Waals surface area (Å²) >= 11 is 0. The summed E-state index contributed by atoms with van der Waals surface area (Å²) < 4.78 is 36.8. The molecule has 1 aliphatic heterocycles. The van der Waals surface area contributed by atoms with Crippen LogP contribution >= 0.6 is 0 Å². The van der Waals surface area contributed by atoms with Gasteiger partial charge in [-0.15, -0.1) is 10.2 Å². The van der Waals surface area contributed by atoms with Gasteiger partial charge in [0, 0.05) is 7.05 Å². The first kappa shape index (κ1) is 13.2. The van der Waals surface area contributed by atoms with E-state index in [0.29, 0.717) is 0 Å². The average Bonchev–Trinajstić information content (AvgIpc) is 2.57. The molecule has 2 amide bonds. The Balaban J connectivity index is 2.09. The summed E-state index contributed by atoms with van der Waals surface area (Å²) in [5.41, 5.74) is -1.12. The Morgan fingerprint density at radius 1 is 1.32 bits per heavy atom. The van der Waals surface area contributed by atoms with Crippen LogP contribution in [0.3, 0.4) is 0 Å². The van der Waals surface area contributed by atoms with Crippen LogP contribution in [0.1, 0.15) is 12.1 Å². The number of rotatable bonds is 2. The molecule has 2 heterocycles. The van der Waals surface area contributed by atoms with Crippen molar-refractivity contribution >= 4 is 17.6 Å². The lowest BCUT2D eigenvalue weighted by atomic mass is 10.2. The molecule has 0 radical (unpaired) electrons. The monoisotopic (exact) mass is 274 g/mol. The van der Waals surface area contributed by atoms with Crippen molar-refractivity contribution in [3.8, 4) is 0 Å². The first-order valence-electron chi connectivity index (χ1n) is 5.27. The van der Waals surface area contributed by atoms with Gasteiger partial charge in [0.25, 0.3) is 5.91 Å². The van der Waals surface area contributed by atoms with Crippen molar-refractivity contribution in [3.05, 3.63) is 17.8 Å². The summed E-state index contributed by atoms with van der Waals surface area (Å²) in [6.07, 6.45) is -4.62. The number of anilines is 1. The van der Waals surface area contributed by atoms with Crippen LogP contribution in [0.25, 0.3) is 0 Å². The van der Waals surface area contributed by atoms with E-state index in [0.717, 1.165) is 17.0 Å². The van der Waals surface area contributed by atoms with Crippen molar-refractivity contribution in [1.29, 1.82) is 0 Å². The van der Waals surface area contributed by atoms with Gasteiger partial charge >= 0.3 is 6.18 Å². The summed E-state index contributed by atoms with van der Waals surface area (Å²) in [7, 11) is 1.34. The highest BCUT2D eigenvalue weighted by atomic mass is 19.4. The van der Waals surface area contributed by atoms with E-state index in [1.165, 1.54) is 7.05 Å². The van der Waals surface area contributed by atoms with Gasteiger partial charge in [-0.1, -0.05) is 0 Å². The number of hydrogen-bond acceptors (Lipinski definition) is 5. The van der Waals surface area contributed by atoms with Gasteiger partial charge in [0.15, 0.2) is 5.69 Å². The molecule has 1 aliphatic rings. The Morgan fingerprint density at radius 2 is 2.00 bits per heavy atom. The lowest BCUT2D eigenvalue weighted by Gasteiger charge is -2.11. The van der Waals surface area contributed by atoms with Crippen molar-refractivity contribution in [2.75, 3.05) is 12.4 Å². The molecule has 6 nitrogen and oxygen atoms in total. The average molecular weight is 274 g/mol. The minimum absolute atomic E-state index is 0.00875. The predicted molar refractivity (Wildman–Crippen MR) is 56.8 cm³/mol. The second-order valence-electron chi connectivity index (χ2n) is 3.99. The number of nitrogens with zero attached hydrogens (tertiary/aromatic N) is 3. The third-order valence-corrected chi connectivity index (χ3v) is 2.66. The maximum Gasteiger partial charge on any atom is 0.435 e. The fourth-order valence-corrected chi connectivity index (χ4v) is 1.61. The quantitative estimate of drug-likeness (QED) is 0.802. The van der Waals surface area contributed by atoms with Gasteiger partial charge in [-0.2, -0.15) is 13.2 Å². The van der Waals surface area contributed by atoms with E-state index in [4.69, 9.17) is 0 Å². The Bertz CT molecular complexity index is 515. The SMILES string of the molecule is CN1C(=O)C[C@H](Nc2ccc(C(F)(F)F)nn2)C1=O. The van der Waals surface area contributed by atoms with Crippen LogP contribution in [-0.2, 0) is 15.8 Å². The third-order valence-electron chi connectivity index (χ3n) is 2.66. The molecule has 1 N–H and O–H groups in total. The zero-order valence-corrected chi connectivity index (χ0v) is 9.73. The van der Waals surface area contributed by atoms with Crippen LogP contribution in [0.2, 0.25) is 0 Å². The molecule has 9 heteroatoms. The molecule has 102 valence electrons. The zero-order chi connectivity index (χ0) is 14.2. The van der Waals surface area contributed by atoms with Crippen molar-refractivity contribution in [3.63, 3.8) is 0 Å². The normalized spacial score (nSPS) is 20.0. The van der Waals surface area contributed by atoms with Gasteiger partial charge in [-0.05, 0) is 12.1 Å². The van der Waals surface area contributed by atoms with E-state index in [9.17, 15) is 22.8 Å². The Labute approximate surface area is 105 Å². The molecule has 1 fully saturated rings. The van der Waals surface area contributed by atoms with Gasteiger partial charge < -0.3 is 5.32 Å². The molecular weight excluding hydrogens is 265 g/mol. The van der Waals surface area contributed by atoms with Gasteiger partial charge in [-0.25, -0.2) is 0 Å². The van der Waals surface area contributed by atoms with Crippen LogP contribution in [0.4, 0.5) is 19.0 Å². The van der Waals surface area contributed by atoms with Crippen molar-refractivity contribution in [2.45, 2.75) is 18.6 Å². The fourth-order valence-electron chi connectivity index (χ4n) is 1.61. The molecule has 0 unspecified atom stereocenters. The number of likely N-dealkylation sites (N-methyl/N-ethyl adjacent to an activating group) is 1. The second kappa shape index (κ2) is 4.48. The number of aromatic nitrogens is 2. The van der Waals surface area contributed by atoms with Crippen LogP contribution in [-0.4, -0.2) is 40.0 Å². The topological polar surface area (TPSA) is 75.2 Å². The van der Waals surface area contributed by atoms with Crippen LogP contribution < -0.4 is 5.32 Å². The molecule has 1 atom stereocenters. The Kier molecular flexibility index (Phi) is 3.13. The lowest BCUT2D eigenvalue weighted by molar-refractivity contribution is -0.142. The number of carbonyl (C=O) groups is 2. The molecule has 0 saturated carbocycles. The van der Waals surface area contributed by atoms with Gasteiger partial charge in [0.05, 0.1) is 6.42 Å². The first-order chi connectivity index (χ1) is 8.79. The largest absolute Gasteiger partial charge is 0.435 e. The maximum atomic E-state index is 12.3. The minimum Gasteiger partial charge on any atom is -0.356 e. The van der Waals surface area contributed by atoms with Crippen LogP contribution in [0.15, 0.2) is 12.1 Å². The fraction of sp³-hybridized carbons (Fsp3) is 0.400. The Morgan fingerprint density at radius 3 is 2.42 bits per heavy atom. The van der Waals surface area contributed by atoms with E-state index >= 15 is 0 Å². The Hall–Kier alpha value is -2.19. The summed E-state index contributed by atoms with van der Waals surface area (Å²) in [6, 6.07) is 0.996. The van der Waals surface area contributed by atoms with E-state index in [-0.39, 0.29) is 18.1 Å². The molecule has 2 rings (SSSR count). The zero-order valence-electron chi connectivity index (χ0n) is 9.73. The number of carbonyl (C=O) groups excluding carboxylic acids is 2. The molecule has 1 aromatic heterocycles. The number of likely N-dealkylation sites (tertiary alicyclic amines) is 1. The lowest BCUT2D eigenvalue weighted by Crippen LogP contribution is -2.32. The molecule has 1 aromatic rings. The molecule has 19 heavy (non-hydrogen) atoms. The van der Waals surface area contributed by atoms with Gasteiger partial charge in [-0.3, -0.25) is 14.5 Å². The van der Waals surface area contributed by atoms with E-state index in [1.54, 1.807) is 0 Å². The van der Waals surface area contributed by atoms with Crippen molar-refractivity contribution < 1.29 is 22.8 Å². The molecule has 0 bridgehead atoms. The van der Waals surface area contributed by atoms with E-state index in [2.05, 4.69) is 15.5 Å². The van der Waals surface area contributed by atoms with Crippen LogP contribution in [0.5, 0.6) is 0 Å². The number of imide groups is 1. The number of alkyl halides is 3. The number of amides is 2. The van der Waals surface area contributed by atoms with Crippen molar-refractivity contribution in [1.82, 2.24) is 15.1 Å².